The Bertz CT molecular complexity index is 1120. The number of anilines is 1. The molecule has 0 saturated carbocycles. The van der Waals surface area contributed by atoms with Gasteiger partial charge in [-0.05, 0) is 60.2 Å². The number of nitrogens with zero attached hydrogens (tertiary/aromatic N) is 1. The average molecular weight is 393 g/mol. The number of pyridine rings is 1. The monoisotopic (exact) mass is 393 g/mol. The largest absolute Gasteiger partial charge is 0.334 e. The fraction of sp³-hybridized carbons (Fsp3) is 0.190. The number of benzene rings is 1. The summed E-state index contributed by atoms with van der Waals surface area (Å²) in [5, 5.41) is 4.81. The van der Waals surface area contributed by atoms with E-state index in [4.69, 9.17) is 0 Å². The number of rotatable bonds is 3. The SMILES string of the molecule is Cc1c(NC(=O)c2ccc[nH]c2=O)cccc1C(=O)N1CCc2sccc2C1. The molecule has 3 heterocycles. The fourth-order valence-corrected chi connectivity index (χ4v) is 4.27. The van der Waals surface area contributed by atoms with E-state index in [0.29, 0.717) is 29.9 Å². The zero-order valence-electron chi connectivity index (χ0n) is 15.3. The second-order valence-corrected chi connectivity index (χ2v) is 7.69. The van der Waals surface area contributed by atoms with E-state index in [0.717, 1.165) is 6.42 Å². The van der Waals surface area contributed by atoms with Gasteiger partial charge in [-0.1, -0.05) is 6.07 Å². The van der Waals surface area contributed by atoms with Crippen molar-refractivity contribution in [1.29, 1.82) is 0 Å². The molecular weight excluding hydrogens is 374 g/mol. The van der Waals surface area contributed by atoms with Crippen LogP contribution < -0.4 is 10.9 Å². The molecule has 0 bridgehead atoms. The Balaban J connectivity index is 1.57. The van der Waals surface area contributed by atoms with Gasteiger partial charge in [-0.3, -0.25) is 14.4 Å². The van der Waals surface area contributed by atoms with Gasteiger partial charge in [-0.15, -0.1) is 11.3 Å². The molecule has 1 aromatic carbocycles. The molecule has 28 heavy (non-hydrogen) atoms. The zero-order valence-corrected chi connectivity index (χ0v) is 16.1. The van der Waals surface area contributed by atoms with Crippen LogP contribution in [-0.2, 0) is 13.0 Å². The highest BCUT2D eigenvalue weighted by atomic mass is 32.1. The van der Waals surface area contributed by atoms with Gasteiger partial charge in [0, 0.05) is 35.4 Å². The Labute approximate surface area is 165 Å². The van der Waals surface area contributed by atoms with Crippen LogP contribution in [0.2, 0.25) is 0 Å². The van der Waals surface area contributed by atoms with Gasteiger partial charge in [0.05, 0.1) is 0 Å². The predicted octanol–water partition coefficient (Wildman–Crippen LogP) is 3.20. The molecule has 1 aliphatic rings. The topological polar surface area (TPSA) is 82.3 Å². The molecule has 0 atom stereocenters. The van der Waals surface area contributed by atoms with Crippen molar-refractivity contribution in [2.45, 2.75) is 19.9 Å². The van der Waals surface area contributed by atoms with Crippen molar-refractivity contribution in [3.8, 4) is 0 Å². The number of hydrogen-bond donors (Lipinski definition) is 2. The summed E-state index contributed by atoms with van der Waals surface area (Å²) < 4.78 is 0. The molecule has 4 rings (SSSR count). The molecule has 7 heteroatoms. The van der Waals surface area contributed by atoms with Gasteiger partial charge < -0.3 is 15.2 Å². The number of thiophene rings is 1. The Morgan fingerprint density at radius 2 is 1.96 bits per heavy atom. The minimum atomic E-state index is -0.504. The summed E-state index contributed by atoms with van der Waals surface area (Å²) in [5.41, 5.74) is 2.54. The van der Waals surface area contributed by atoms with Crippen molar-refractivity contribution in [3.05, 3.63) is 85.5 Å². The quantitative estimate of drug-likeness (QED) is 0.717. The van der Waals surface area contributed by atoms with Crippen LogP contribution in [0.25, 0.3) is 0 Å². The van der Waals surface area contributed by atoms with Crippen LogP contribution in [0.5, 0.6) is 0 Å². The van der Waals surface area contributed by atoms with Crippen LogP contribution in [0.4, 0.5) is 5.69 Å². The van der Waals surface area contributed by atoms with E-state index in [1.54, 1.807) is 42.5 Å². The smallest absolute Gasteiger partial charge is 0.261 e. The maximum atomic E-state index is 13.1. The van der Waals surface area contributed by atoms with Crippen LogP contribution in [-0.4, -0.2) is 28.2 Å². The molecule has 3 aromatic rings. The van der Waals surface area contributed by atoms with Crippen LogP contribution in [0, 0.1) is 6.92 Å². The van der Waals surface area contributed by atoms with E-state index in [1.165, 1.54) is 22.7 Å². The molecule has 1 aliphatic heterocycles. The van der Waals surface area contributed by atoms with E-state index < -0.39 is 11.5 Å². The molecule has 0 saturated heterocycles. The minimum absolute atomic E-state index is 0.0275. The van der Waals surface area contributed by atoms with Crippen molar-refractivity contribution < 1.29 is 9.59 Å². The van der Waals surface area contributed by atoms with E-state index >= 15 is 0 Å². The first-order valence-electron chi connectivity index (χ1n) is 8.98. The molecule has 2 aromatic heterocycles. The van der Waals surface area contributed by atoms with E-state index in [9.17, 15) is 14.4 Å². The van der Waals surface area contributed by atoms with E-state index in [1.807, 2.05) is 4.90 Å². The highest BCUT2D eigenvalue weighted by Crippen LogP contribution is 2.27. The lowest BCUT2D eigenvalue weighted by Crippen LogP contribution is -2.35. The van der Waals surface area contributed by atoms with Gasteiger partial charge in [0.1, 0.15) is 5.56 Å². The molecule has 0 aliphatic carbocycles. The van der Waals surface area contributed by atoms with Crippen LogP contribution in [0.1, 0.15) is 36.7 Å². The minimum Gasteiger partial charge on any atom is -0.334 e. The van der Waals surface area contributed by atoms with Gasteiger partial charge in [0.25, 0.3) is 17.4 Å². The van der Waals surface area contributed by atoms with Gasteiger partial charge in [-0.25, -0.2) is 0 Å². The Morgan fingerprint density at radius 3 is 2.79 bits per heavy atom. The summed E-state index contributed by atoms with van der Waals surface area (Å²) >= 11 is 1.73. The lowest BCUT2D eigenvalue weighted by atomic mass is 10.0. The molecule has 142 valence electrons. The van der Waals surface area contributed by atoms with E-state index in [-0.39, 0.29) is 11.5 Å². The number of carbonyl (C=O) groups is 2. The standard InChI is InChI=1S/C21H19N3O3S/c1-13-15(21(27)24-10-7-18-14(12-24)8-11-28-18)4-2-6-17(13)23-20(26)16-5-3-9-22-19(16)25/h2-6,8-9,11H,7,10,12H2,1H3,(H,22,25)(H,23,26). The first-order chi connectivity index (χ1) is 13.5. The van der Waals surface area contributed by atoms with E-state index in [2.05, 4.69) is 21.7 Å². The number of H-pyrrole nitrogens is 1. The third-order valence-electron chi connectivity index (χ3n) is 4.97. The van der Waals surface area contributed by atoms with Gasteiger partial charge in [0.2, 0.25) is 0 Å². The molecule has 0 unspecified atom stereocenters. The lowest BCUT2D eigenvalue weighted by Gasteiger charge is -2.28. The molecule has 6 nitrogen and oxygen atoms in total. The molecule has 2 N–H and O–H groups in total. The Hall–Kier alpha value is -3.19. The number of nitrogens with one attached hydrogen (secondary N) is 2. The highest BCUT2D eigenvalue weighted by Gasteiger charge is 2.24. The van der Waals surface area contributed by atoms with Crippen LogP contribution in [0.3, 0.4) is 0 Å². The zero-order chi connectivity index (χ0) is 19.7. The molecule has 0 spiro atoms. The number of hydrogen-bond acceptors (Lipinski definition) is 4. The number of aromatic nitrogens is 1. The highest BCUT2D eigenvalue weighted by molar-refractivity contribution is 7.10. The first kappa shape index (κ1) is 18.2. The Morgan fingerprint density at radius 1 is 1.14 bits per heavy atom. The average Bonchev–Trinajstić information content (AvgIpc) is 3.17. The molecule has 0 radical (unpaired) electrons. The number of carbonyl (C=O) groups excluding carboxylic acids is 2. The summed E-state index contributed by atoms with van der Waals surface area (Å²) in [6.45, 7) is 3.09. The predicted molar refractivity (Wildman–Crippen MR) is 109 cm³/mol. The summed E-state index contributed by atoms with van der Waals surface area (Å²) in [5.74, 6) is -0.557. The van der Waals surface area contributed by atoms with Crippen molar-refractivity contribution >= 4 is 28.8 Å². The molecule has 2 amide bonds. The normalized spacial score (nSPS) is 13.1. The van der Waals surface area contributed by atoms with Gasteiger partial charge in [-0.2, -0.15) is 0 Å². The number of amides is 2. The second kappa shape index (κ2) is 7.44. The third-order valence-corrected chi connectivity index (χ3v) is 5.99. The van der Waals surface area contributed by atoms with Crippen molar-refractivity contribution in [3.63, 3.8) is 0 Å². The maximum absolute atomic E-state index is 13.1. The van der Waals surface area contributed by atoms with Crippen molar-refractivity contribution in [2.24, 2.45) is 0 Å². The number of aromatic amines is 1. The third kappa shape index (κ3) is 3.36. The van der Waals surface area contributed by atoms with Crippen molar-refractivity contribution in [2.75, 3.05) is 11.9 Å². The van der Waals surface area contributed by atoms with Crippen LogP contribution >= 0.6 is 11.3 Å². The van der Waals surface area contributed by atoms with Gasteiger partial charge in [0.15, 0.2) is 0 Å². The maximum Gasteiger partial charge on any atom is 0.261 e. The van der Waals surface area contributed by atoms with Crippen molar-refractivity contribution in [1.82, 2.24) is 9.88 Å². The fourth-order valence-electron chi connectivity index (χ4n) is 3.38. The second-order valence-electron chi connectivity index (χ2n) is 6.69. The first-order valence-corrected chi connectivity index (χ1v) is 9.86. The summed E-state index contributed by atoms with van der Waals surface area (Å²) in [6.07, 6.45) is 2.34. The summed E-state index contributed by atoms with van der Waals surface area (Å²) in [7, 11) is 0. The summed E-state index contributed by atoms with van der Waals surface area (Å²) in [6, 6.07) is 10.4. The lowest BCUT2D eigenvalue weighted by molar-refractivity contribution is 0.0735. The summed E-state index contributed by atoms with van der Waals surface area (Å²) in [4.78, 5) is 43.0. The number of fused-ring (bicyclic) bond motifs is 1. The Kier molecular flexibility index (Phi) is 4.83. The van der Waals surface area contributed by atoms with Crippen LogP contribution in [0.15, 0.2) is 52.8 Å². The van der Waals surface area contributed by atoms with Gasteiger partial charge >= 0.3 is 0 Å². The molecule has 0 fully saturated rings. The molecular formula is C21H19N3O3S.